The largest absolute Gasteiger partial charge is 0.396 e. The molecule has 11 atom stereocenters. The van der Waals surface area contributed by atoms with E-state index in [1.54, 1.807) is 0 Å². The van der Waals surface area contributed by atoms with Crippen LogP contribution in [0.15, 0.2) is 0 Å². The van der Waals surface area contributed by atoms with Crippen LogP contribution in [0.4, 0.5) is 0 Å². The highest BCUT2D eigenvalue weighted by Gasteiger charge is 2.61. The first-order valence-electron chi connectivity index (χ1n) is 9.93. The number of ketones is 1. The highest BCUT2D eigenvalue weighted by atomic mass is 16.7. The molecule has 0 aromatic rings. The minimum atomic E-state index is -3.20. The normalized spacial score (nSPS) is 44.3. The molecule has 2 rings (SSSR count). The number of carbonyl (C=O) groups excluding carboxylic acids is 1. The van der Waals surface area contributed by atoms with Crippen molar-refractivity contribution in [2.45, 2.75) is 80.9 Å². The van der Waals surface area contributed by atoms with Gasteiger partial charge in [-0.05, 0) is 0 Å². The van der Waals surface area contributed by atoms with Crippen molar-refractivity contribution in [3.8, 4) is 0 Å². The third-order valence-electron chi connectivity index (χ3n) is 5.83. The molecule has 0 saturated carbocycles. The predicted molar refractivity (Wildman–Crippen MR) is 99.4 cm³/mol. The van der Waals surface area contributed by atoms with Crippen LogP contribution in [0.5, 0.6) is 0 Å². The van der Waals surface area contributed by atoms with E-state index in [1.807, 2.05) is 0 Å². The van der Waals surface area contributed by atoms with Gasteiger partial charge in [-0.15, -0.1) is 0 Å². The molecule has 0 radical (unpaired) electrons. The number of Topliss-reactive ketones (excluding diaryl/α,β-unsaturated/α-hetero) is 1. The second-order valence-corrected chi connectivity index (χ2v) is 8.68. The SMILES string of the molecule is CC(C)(CO)[C@@H](O)C(=O)C1(O)O[C@H](CO)[C@@H](O[C@@H]2O[C@H](CO)[C@H](O)[C@H](O)[C@H]2O)[C@H](O)[C@H]1O. The van der Waals surface area contributed by atoms with Gasteiger partial charge in [0.25, 0.3) is 5.79 Å². The first-order valence-corrected chi connectivity index (χ1v) is 9.93. The van der Waals surface area contributed by atoms with E-state index in [-0.39, 0.29) is 0 Å². The van der Waals surface area contributed by atoms with Crippen LogP contribution in [0.1, 0.15) is 13.8 Å². The first kappa shape index (κ1) is 27.4. The van der Waals surface area contributed by atoms with E-state index in [2.05, 4.69) is 0 Å². The summed E-state index contributed by atoms with van der Waals surface area (Å²) >= 11 is 0. The fraction of sp³-hybridized carbons (Fsp3) is 0.944. The topological polar surface area (TPSA) is 247 Å². The Bertz CT molecular complexity index is 641. The van der Waals surface area contributed by atoms with Crippen molar-refractivity contribution in [1.82, 2.24) is 0 Å². The molecule has 0 aromatic carbocycles. The van der Waals surface area contributed by atoms with Crippen molar-refractivity contribution in [2.24, 2.45) is 5.41 Å². The molecule has 0 bridgehead atoms. The molecule has 14 heteroatoms. The molecule has 0 amide bonds. The van der Waals surface area contributed by atoms with Gasteiger partial charge in [0.1, 0.15) is 54.9 Å². The zero-order chi connectivity index (χ0) is 24.6. The van der Waals surface area contributed by atoms with E-state index in [9.17, 15) is 55.9 Å². The smallest absolute Gasteiger partial charge is 0.259 e. The van der Waals surface area contributed by atoms with E-state index < -0.39 is 98.0 Å². The van der Waals surface area contributed by atoms with E-state index in [0.717, 1.165) is 0 Å². The number of aliphatic hydroxyl groups excluding tert-OH is 9. The van der Waals surface area contributed by atoms with Gasteiger partial charge in [0, 0.05) is 5.41 Å². The van der Waals surface area contributed by atoms with Crippen molar-refractivity contribution >= 4 is 5.78 Å². The molecule has 0 aromatic heterocycles. The number of rotatable bonds is 8. The summed E-state index contributed by atoms with van der Waals surface area (Å²) in [6, 6.07) is 0. The van der Waals surface area contributed by atoms with Gasteiger partial charge in [0.2, 0.25) is 5.78 Å². The van der Waals surface area contributed by atoms with Gasteiger partial charge in [-0.25, -0.2) is 0 Å². The van der Waals surface area contributed by atoms with Crippen LogP contribution in [0.2, 0.25) is 0 Å². The van der Waals surface area contributed by atoms with Gasteiger partial charge in [0.05, 0.1) is 19.8 Å². The van der Waals surface area contributed by atoms with Crippen LogP contribution >= 0.6 is 0 Å². The Morgan fingerprint density at radius 3 is 2.03 bits per heavy atom. The lowest BCUT2D eigenvalue weighted by molar-refractivity contribution is -0.373. The van der Waals surface area contributed by atoms with Crippen LogP contribution in [0.25, 0.3) is 0 Å². The summed E-state index contributed by atoms with van der Waals surface area (Å²) in [5.41, 5.74) is -1.46. The molecule has 2 heterocycles. The fourth-order valence-electron chi connectivity index (χ4n) is 3.48. The van der Waals surface area contributed by atoms with Crippen LogP contribution in [0, 0.1) is 5.41 Å². The van der Waals surface area contributed by atoms with Gasteiger partial charge in [0.15, 0.2) is 6.29 Å². The Morgan fingerprint density at radius 1 is 0.969 bits per heavy atom. The molecular weight excluding hydrogens is 440 g/mol. The Balaban J connectivity index is 2.26. The lowest BCUT2D eigenvalue weighted by atomic mass is 9.79. The monoisotopic (exact) mass is 472 g/mol. The van der Waals surface area contributed by atoms with Crippen molar-refractivity contribution in [3.63, 3.8) is 0 Å². The van der Waals surface area contributed by atoms with E-state index in [1.165, 1.54) is 13.8 Å². The molecule has 0 spiro atoms. The number of carbonyl (C=O) groups is 1. The van der Waals surface area contributed by atoms with E-state index >= 15 is 0 Å². The summed E-state index contributed by atoms with van der Waals surface area (Å²) in [6.07, 6.45) is -18.6. The summed E-state index contributed by atoms with van der Waals surface area (Å²) in [5.74, 6) is -4.69. The van der Waals surface area contributed by atoms with Gasteiger partial charge in [-0.3, -0.25) is 4.79 Å². The maximum atomic E-state index is 12.7. The average Bonchev–Trinajstić information content (AvgIpc) is 2.77. The van der Waals surface area contributed by atoms with Gasteiger partial charge in [-0.1, -0.05) is 13.8 Å². The van der Waals surface area contributed by atoms with Crippen LogP contribution < -0.4 is 0 Å². The summed E-state index contributed by atoms with van der Waals surface area (Å²) in [5, 5.41) is 99.9. The maximum absolute atomic E-state index is 12.7. The molecular formula is C18H32O14. The van der Waals surface area contributed by atoms with Crippen LogP contribution in [-0.4, -0.2) is 144 Å². The third-order valence-corrected chi connectivity index (χ3v) is 5.83. The number of ether oxygens (including phenoxy) is 3. The Kier molecular flexibility index (Phi) is 8.72. The summed E-state index contributed by atoms with van der Waals surface area (Å²) < 4.78 is 15.6. The lowest BCUT2D eigenvalue weighted by Gasteiger charge is -2.49. The van der Waals surface area contributed by atoms with Gasteiger partial charge in [-0.2, -0.15) is 0 Å². The molecule has 10 N–H and O–H groups in total. The first-order chi connectivity index (χ1) is 14.8. The molecule has 1 unspecified atom stereocenters. The molecule has 2 saturated heterocycles. The van der Waals surface area contributed by atoms with E-state index in [0.29, 0.717) is 0 Å². The Hall–Kier alpha value is -0.850. The van der Waals surface area contributed by atoms with Crippen LogP contribution in [-0.2, 0) is 19.0 Å². The molecule has 32 heavy (non-hydrogen) atoms. The second kappa shape index (κ2) is 10.2. The minimum Gasteiger partial charge on any atom is -0.396 e. The Morgan fingerprint density at radius 2 is 1.53 bits per heavy atom. The van der Waals surface area contributed by atoms with Crippen molar-refractivity contribution < 1.29 is 70.1 Å². The highest BCUT2D eigenvalue weighted by Crippen LogP contribution is 2.36. The highest BCUT2D eigenvalue weighted by molar-refractivity contribution is 5.91. The quantitative estimate of drug-likeness (QED) is 0.158. The van der Waals surface area contributed by atoms with Crippen molar-refractivity contribution in [1.29, 1.82) is 0 Å². The van der Waals surface area contributed by atoms with Crippen molar-refractivity contribution in [3.05, 3.63) is 0 Å². The predicted octanol–water partition coefficient (Wildman–Crippen LogP) is -6.08. The fourth-order valence-corrected chi connectivity index (χ4v) is 3.48. The average molecular weight is 472 g/mol. The second-order valence-electron chi connectivity index (χ2n) is 8.68. The third kappa shape index (κ3) is 4.83. The summed E-state index contributed by atoms with van der Waals surface area (Å²) in [4.78, 5) is 12.7. The minimum absolute atomic E-state index is 0.680. The molecule has 14 nitrogen and oxygen atoms in total. The molecule has 2 aliphatic heterocycles. The number of aliphatic hydroxyl groups is 10. The zero-order valence-corrected chi connectivity index (χ0v) is 17.5. The number of hydrogen-bond donors (Lipinski definition) is 10. The standard InChI is InChI=1S/C18H32O14/c1-17(2,5-21)14(27)15(28)18(29)13(26)11(25)12(7(4-20)32-18)31-16-10(24)9(23)8(22)6(3-19)30-16/h6-14,16,19-27,29H,3-5H2,1-2H3/t6-,7-,8+,9+,10-,11+,12-,13-,14+,16+,18?/m1/s1. The molecule has 188 valence electrons. The number of hydrogen-bond acceptors (Lipinski definition) is 14. The molecule has 0 aliphatic carbocycles. The lowest BCUT2D eigenvalue weighted by Crippen LogP contribution is -2.71. The maximum Gasteiger partial charge on any atom is 0.259 e. The Labute approximate surface area is 182 Å². The summed E-state index contributed by atoms with van der Waals surface area (Å²) in [7, 11) is 0. The summed E-state index contributed by atoms with van der Waals surface area (Å²) in [6.45, 7) is 0.146. The van der Waals surface area contributed by atoms with Gasteiger partial charge >= 0.3 is 0 Å². The van der Waals surface area contributed by atoms with Crippen LogP contribution in [0.3, 0.4) is 0 Å². The molecule has 2 aliphatic rings. The van der Waals surface area contributed by atoms with Crippen molar-refractivity contribution in [2.75, 3.05) is 19.8 Å². The van der Waals surface area contributed by atoms with Gasteiger partial charge < -0.3 is 65.3 Å². The molecule has 2 fully saturated rings. The van der Waals surface area contributed by atoms with E-state index in [4.69, 9.17) is 14.2 Å². The zero-order valence-electron chi connectivity index (χ0n) is 17.5.